The van der Waals surface area contributed by atoms with Crippen LogP contribution in [0.3, 0.4) is 0 Å². The molecule has 0 bridgehead atoms. The number of carboxylic acid groups (broad SMARTS) is 1. The van der Waals surface area contributed by atoms with Crippen LogP contribution in [0.2, 0.25) is 0 Å². The number of aliphatic carboxylic acids is 1. The van der Waals surface area contributed by atoms with Crippen molar-refractivity contribution in [3.8, 4) is 0 Å². The Balaban J connectivity index is 1.98. The number of carbonyl (C=O) groups is 1. The van der Waals surface area contributed by atoms with Crippen LogP contribution in [-0.4, -0.2) is 27.1 Å². The van der Waals surface area contributed by atoms with Crippen molar-refractivity contribution in [3.63, 3.8) is 0 Å². The van der Waals surface area contributed by atoms with E-state index in [1.807, 2.05) is 18.2 Å². The lowest BCUT2D eigenvalue weighted by Crippen LogP contribution is -2.19. The molecule has 1 aromatic carbocycles. The predicted molar refractivity (Wildman–Crippen MR) is 88.5 cm³/mol. The van der Waals surface area contributed by atoms with Gasteiger partial charge < -0.3 is 10.00 Å². The Morgan fingerprint density at radius 3 is 2.43 bits per heavy atom. The number of aryl methyl sites for hydroxylation is 1. The van der Waals surface area contributed by atoms with Gasteiger partial charge in [0.25, 0.3) is 0 Å². The fourth-order valence-corrected chi connectivity index (χ4v) is 4.38. The molecule has 1 aromatic heterocycles. The molecule has 23 heavy (non-hydrogen) atoms. The lowest BCUT2D eigenvalue weighted by atomic mass is 10.0. The SMILES string of the molecule is O=C(O)C(CCc1ccccn1)CP(=O)(O)Cc1ccccc1. The number of rotatable bonds is 8. The summed E-state index contributed by atoms with van der Waals surface area (Å²) in [6, 6.07) is 14.4. The van der Waals surface area contributed by atoms with Crippen LogP contribution in [0, 0.1) is 5.92 Å². The highest BCUT2D eigenvalue weighted by atomic mass is 31.2. The molecule has 0 saturated heterocycles. The minimum absolute atomic E-state index is 0.00120. The van der Waals surface area contributed by atoms with Crippen LogP contribution in [-0.2, 0) is 21.9 Å². The maximum Gasteiger partial charge on any atom is 0.307 e. The summed E-state index contributed by atoms with van der Waals surface area (Å²) in [5.74, 6) is -1.89. The lowest BCUT2D eigenvalue weighted by Gasteiger charge is -2.17. The van der Waals surface area contributed by atoms with Crippen LogP contribution >= 0.6 is 7.37 Å². The number of pyridine rings is 1. The number of benzene rings is 1. The van der Waals surface area contributed by atoms with Gasteiger partial charge in [-0.15, -0.1) is 0 Å². The van der Waals surface area contributed by atoms with Gasteiger partial charge in [0.1, 0.15) is 0 Å². The zero-order chi connectivity index (χ0) is 16.7. The van der Waals surface area contributed by atoms with E-state index in [-0.39, 0.29) is 12.3 Å². The minimum atomic E-state index is -3.55. The molecule has 0 radical (unpaired) electrons. The molecule has 1 heterocycles. The van der Waals surface area contributed by atoms with E-state index in [2.05, 4.69) is 4.98 Å². The average Bonchev–Trinajstić information content (AvgIpc) is 2.52. The van der Waals surface area contributed by atoms with Crippen molar-refractivity contribution >= 4 is 13.3 Å². The maximum absolute atomic E-state index is 12.4. The van der Waals surface area contributed by atoms with Crippen molar-refractivity contribution in [2.24, 2.45) is 5.92 Å². The molecule has 0 amide bonds. The highest BCUT2D eigenvalue weighted by molar-refractivity contribution is 7.57. The van der Waals surface area contributed by atoms with Crippen molar-refractivity contribution in [3.05, 3.63) is 66.0 Å². The summed E-state index contributed by atoms with van der Waals surface area (Å²) in [7, 11) is -3.55. The number of nitrogens with zero attached hydrogens (tertiary/aromatic N) is 1. The third-order valence-electron chi connectivity index (χ3n) is 3.60. The van der Waals surface area contributed by atoms with Gasteiger partial charge in [0.05, 0.1) is 5.92 Å². The fourth-order valence-electron chi connectivity index (χ4n) is 2.44. The largest absolute Gasteiger partial charge is 0.481 e. The van der Waals surface area contributed by atoms with E-state index < -0.39 is 19.3 Å². The number of hydrogen-bond acceptors (Lipinski definition) is 3. The first kappa shape index (κ1) is 17.4. The first-order valence-electron chi connectivity index (χ1n) is 7.44. The lowest BCUT2D eigenvalue weighted by molar-refractivity contribution is -0.141. The molecule has 0 fully saturated rings. The average molecular weight is 333 g/mol. The van der Waals surface area contributed by atoms with Gasteiger partial charge in [0, 0.05) is 24.2 Å². The van der Waals surface area contributed by atoms with Crippen LogP contribution in [0.5, 0.6) is 0 Å². The molecule has 0 aliphatic heterocycles. The Bertz CT molecular complexity index is 676. The third kappa shape index (κ3) is 5.97. The predicted octanol–water partition coefficient (Wildman–Crippen LogP) is 3.19. The van der Waals surface area contributed by atoms with Crippen molar-refractivity contribution in [2.45, 2.75) is 19.0 Å². The summed E-state index contributed by atoms with van der Waals surface area (Å²) < 4.78 is 12.4. The molecule has 2 N–H and O–H groups in total. The molecule has 0 saturated carbocycles. The standard InChI is InChI=1S/C17H20NO4P/c19-17(20)15(9-10-16-8-4-5-11-18-16)13-23(21,22)12-14-6-2-1-3-7-14/h1-8,11,15H,9-10,12-13H2,(H,19,20)(H,21,22). The summed E-state index contributed by atoms with van der Waals surface area (Å²) in [6.07, 6.45) is 2.21. The van der Waals surface area contributed by atoms with Gasteiger partial charge >= 0.3 is 5.97 Å². The van der Waals surface area contributed by atoms with Crippen LogP contribution in [0.25, 0.3) is 0 Å². The molecule has 2 unspecified atom stereocenters. The van der Waals surface area contributed by atoms with Crippen LogP contribution < -0.4 is 0 Å². The van der Waals surface area contributed by atoms with Gasteiger partial charge in [-0.25, -0.2) is 0 Å². The van der Waals surface area contributed by atoms with Gasteiger partial charge in [-0.3, -0.25) is 14.3 Å². The summed E-state index contributed by atoms with van der Waals surface area (Å²) in [4.78, 5) is 25.7. The Morgan fingerprint density at radius 2 is 1.83 bits per heavy atom. The summed E-state index contributed by atoms with van der Waals surface area (Å²) in [5.41, 5.74) is 1.53. The van der Waals surface area contributed by atoms with E-state index in [0.717, 1.165) is 11.3 Å². The Labute approximate surface area is 135 Å². The zero-order valence-corrected chi connectivity index (χ0v) is 13.6. The van der Waals surface area contributed by atoms with E-state index in [0.29, 0.717) is 12.8 Å². The second kappa shape index (κ2) is 8.04. The highest BCUT2D eigenvalue weighted by Gasteiger charge is 2.29. The smallest absolute Gasteiger partial charge is 0.307 e. The van der Waals surface area contributed by atoms with Gasteiger partial charge in [-0.2, -0.15) is 0 Å². The maximum atomic E-state index is 12.4. The molecule has 122 valence electrons. The van der Waals surface area contributed by atoms with E-state index in [1.165, 1.54) is 0 Å². The summed E-state index contributed by atoms with van der Waals surface area (Å²) in [5, 5.41) is 9.33. The number of hydrogen-bond donors (Lipinski definition) is 2. The monoisotopic (exact) mass is 333 g/mol. The van der Waals surface area contributed by atoms with E-state index >= 15 is 0 Å². The van der Waals surface area contributed by atoms with Crippen LogP contribution in [0.15, 0.2) is 54.7 Å². The van der Waals surface area contributed by atoms with Crippen molar-refractivity contribution < 1.29 is 19.4 Å². The second-order valence-electron chi connectivity index (χ2n) is 5.57. The first-order valence-corrected chi connectivity index (χ1v) is 9.47. The molecule has 5 nitrogen and oxygen atoms in total. The van der Waals surface area contributed by atoms with E-state index in [1.54, 1.807) is 36.5 Å². The molecule has 2 atom stereocenters. The topological polar surface area (TPSA) is 87.5 Å². The zero-order valence-electron chi connectivity index (χ0n) is 12.7. The van der Waals surface area contributed by atoms with Crippen molar-refractivity contribution in [1.82, 2.24) is 4.98 Å². The Hall–Kier alpha value is -1.97. The fraction of sp³-hybridized carbons (Fsp3) is 0.294. The Morgan fingerprint density at radius 1 is 1.13 bits per heavy atom. The number of carboxylic acids is 1. The second-order valence-corrected chi connectivity index (χ2v) is 7.94. The normalized spacial score (nSPS) is 14.8. The summed E-state index contributed by atoms with van der Waals surface area (Å²) >= 11 is 0. The van der Waals surface area contributed by atoms with Gasteiger partial charge in [-0.1, -0.05) is 36.4 Å². The van der Waals surface area contributed by atoms with Gasteiger partial charge in [-0.05, 0) is 30.5 Å². The molecular formula is C17H20NO4P. The molecule has 6 heteroatoms. The van der Waals surface area contributed by atoms with Crippen LogP contribution in [0.4, 0.5) is 0 Å². The van der Waals surface area contributed by atoms with Gasteiger partial charge in [0.15, 0.2) is 0 Å². The van der Waals surface area contributed by atoms with E-state index in [4.69, 9.17) is 0 Å². The summed E-state index contributed by atoms with van der Waals surface area (Å²) in [6.45, 7) is 0. The van der Waals surface area contributed by atoms with Crippen molar-refractivity contribution in [2.75, 3.05) is 6.16 Å². The Kier molecular flexibility index (Phi) is 6.08. The third-order valence-corrected chi connectivity index (χ3v) is 5.47. The highest BCUT2D eigenvalue weighted by Crippen LogP contribution is 2.46. The molecule has 0 spiro atoms. The van der Waals surface area contributed by atoms with E-state index in [9.17, 15) is 19.4 Å². The molecule has 0 aliphatic rings. The molecule has 0 aliphatic carbocycles. The van der Waals surface area contributed by atoms with Crippen molar-refractivity contribution in [1.29, 1.82) is 0 Å². The number of aromatic nitrogens is 1. The molecule has 2 rings (SSSR count). The first-order chi connectivity index (χ1) is 11.0. The quantitative estimate of drug-likeness (QED) is 0.725. The minimum Gasteiger partial charge on any atom is -0.481 e. The molecular weight excluding hydrogens is 313 g/mol. The van der Waals surface area contributed by atoms with Crippen LogP contribution in [0.1, 0.15) is 17.7 Å². The van der Waals surface area contributed by atoms with Gasteiger partial charge in [0.2, 0.25) is 7.37 Å². The molecule has 2 aromatic rings.